The smallest absolute Gasteiger partial charge is 0.323 e. The van der Waals surface area contributed by atoms with E-state index in [0.717, 1.165) is 17.2 Å². The van der Waals surface area contributed by atoms with Gasteiger partial charge in [-0.25, -0.2) is 0 Å². The van der Waals surface area contributed by atoms with Gasteiger partial charge in [-0.2, -0.15) is 0 Å². The largest absolute Gasteiger partial charge is 0.344 e. The Hall–Kier alpha value is -2.39. The number of hydrogen-bond acceptors (Lipinski definition) is 1. The third kappa shape index (κ3) is 13.2. The molecule has 0 unspecified atom stereocenters. The Labute approximate surface area is 288 Å². The average molecular weight is 663 g/mol. The Balaban J connectivity index is 1.50. The second-order valence-corrected chi connectivity index (χ2v) is 19.0. The lowest BCUT2D eigenvalue weighted by Crippen LogP contribution is -2.86. The van der Waals surface area contributed by atoms with Crippen LogP contribution in [0.15, 0.2) is 54.6 Å². The Kier molecular flexibility index (Phi) is 16.6. The molecule has 1 amide bonds. The molecule has 2 aromatic carbocycles. The van der Waals surface area contributed by atoms with Crippen LogP contribution in [0.2, 0.25) is 0 Å². The van der Waals surface area contributed by atoms with Crippen LogP contribution in [0.4, 0.5) is 5.69 Å². The summed E-state index contributed by atoms with van der Waals surface area (Å²) in [4.78, 5) is 17.9. The molecule has 0 aromatic heterocycles. The topological polar surface area (TPSA) is 67.1 Å². The predicted molar refractivity (Wildman–Crippen MR) is 205 cm³/mol. The SMILES string of the molecule is CCCC[P+](CCCC)(CCCC)Cc1ccc(NC(=O)[C@H](Cc2ccccc2)NC(NC2CCCCC2)=[NH+]C2CCCCC2)cc1. The lowest BCUT2D eigenvalue weighted by Gasteiger charge is -2.28. The maximum absolute atomic E-state index is 14.1. The zero-order valence-electron chi connectivity index (χ0n) is 30.1. The minimum Gasteiger partial charge on any atom is -0.323 e. The molecule has 1 atom stereocenters. The molecule has 4 N–H and O–H groups in total. The fraction of sp³-hybridized carbons (Fsp3) is 0.659. The number of unbranched alkanes of at least 4 members (excludes halogenated alkanes) is 3. The van der Waals surface area contributed by atoms with E-state index in [9.17, 15) is 4.79 Å². The summed E-state index contributed by atoms with van der Waals surface area (Å²) in [5.41, 5.74) is 3.50. The van der Waals surface area contributed by atoms with Gasteiger partial charge in [-0.15, -0.1) is 0 Å². The van der Waals surface area contributed by atoms with E-state index in [1.165, 1.54) is 133 Å². The number of guanidine groups is 1. The molecule has 0 radical (unpaired) electrons. The predicted octanol–water partition coefficient (Wildman–Crippen LogP) is 8.44. The summed E-state index contributed by atoms with van der Waals surface area (Å²) in [5, 5.41) is 10.8. The van der Waals surface area contributed by atoms with Crippen LogP contribution in [0, 0.1) is 0 Å². The van der Waals surface area contributed by atoms with Crippen molar-refractivity contribution in [3.8, 4) is 0 Å². The molecule has 0 spiro atoms. The van der Waals surface area contributed by atoms with E-state index in [4.69, 9.17) is 0 Å². The van der Waals surface area contributed by atoms with Crippen molar-refractivity contribution in [2.75, 3.05) is 23.8 Å². The van der Waals surface area contributed by atoms with Crippen LogP contribution in [0.1, 0.15) is 135 Å². The fourth-order valence-electron chi connectivity index (χ4n) is 7.62. The van der Waals surface area contributed by atoms with E-state index in [0.29, 0.717) is 18.5 Å². The van der Waals surface area contributed by atoms with Gasteiger partial charge < -0.3 is 5.32 Å². The highest BCUT2D eigenvalue weighted by Gasteiger charge is 2.36. The number of amides is 1. The van der Waals surface area contributed by atoms with E-state index in [2.05, 4.69) is 90.2 Å². The maximum Gasteiger partial charge on any atom is 0.344 e. The number of anilines is 1. The molecule has 2 fully saturated rings. The van der Waals surface area contributed by atoms with Crippen LogP contribution < -0.4 is 20.9 Å². The van der Waals surface area contributed by atoms with Crippen molar-refractivity contribution in [2.24, 2.45) is 0 Å². The monoisotopic (exact) mass is 663 g/mol. The number of carbonyl (C=O) groups excluding carboxylic acids is 1. The van der Waals surface area contributed by atoms with Crippen LogP contribution in [0.5, 0.6) is 0 Å². The molecule has 0 heterocycles. The summed E-state index contributed by atoms with van der Waals surface area (Å²) in [6.07, 6.45) is 26.6. The molecule has 47 heavy (non-hydrogen) atoms. The second-order valence-electron chi connectivity index (χ2n) is 14.6. The number of nitrogens with one attached hydrogen (secondary N) is 4. The summed E-state index contributed by atoms with van der Waals surface area (Å²) in [7, 11) is -1.03. The highest BCUT2D eigenvalue weighted by Crippen LogP contribution is 2.63. The Morgan fingerprint density at radius 2 is 1.32 bits per heavy atom. The highest BCUT2D eigenvalue weighted by molar-refractivity contribution is 7.75. The Morgan fingerprint density at radius 3 is 1.89 bits per heavy atom. The molecular weight excluding hydrogens is 595 g/mol. The van der Waals surface area contributed by atoms with Crippen LogP contribution in [-0.4, -0.2) is 48.5 Å². The summed E-state index contributed by atoms with van der Waals surface area (Å²) in [6, 6.07) is 19.8. The van der Waals surface area contributed by atoms with Crippen molar-refractivity contribution >= 4 is 24.8 Å². The molecule has 6 heteroatoms. The zero-order chi connectivity index (χ0) is 33.2. The molecule has 0 aliphatic heterocycles. The van der Waals surface area contributed by atoms with Gasteiger partial charge in [0.1, 0.15) is 0 Å². The molecule has 2 aromatic rings. The molecular formula is C41H67N4OP+2. The van der Waals surface area contributed by atoms with Crippen LogP contribution in [0.3, 0.4) is 0 Å². The van der Waals surface area contributed by atoms with Crippen molar-refractivity contribution in [3.63, 3.8) is 0 Å². The number of benzene rings is 2. The van der Waals surface area contributed by atoms with Crippen molar-refractivity contribution in [1.29, 1.82) is 0 Å². The molecule has 2 saturated carbocycles. The summed E-state index contributed by atoms with van der Waals surface area (Å²) < 4.78 is 0. The van der Waals surface area contributed by atoms with Crippen molar-refractivity contribution in [3.05, 3.63) is 65.7 Å². The normalized spacial score (nSPS) is 17.3. The minimum absolute atomic E-state index is 0.0191. The number of rotatable bonds is 18. The molecule has 0 bridgehead atoms. The van der Waals surface area contributed by atoms with Crippen LogP contribution in [0.25, 0.3) is 0 Å². The van der Waals surface area contributed by atoms with Gasteiger partial charge >= 0.3 is 5.96 Å². The Bertz CT molecular complexity index is 1150. The van der Waals surface area contributed by atoms with E-state index < -0.39 is 13.3 Å². The van der Waals surface area contributed by atoms with Gasteiger partial charge in [0.25, 0.3) is 5.91 Å². The third-order valence-corrected chi connectivity index (χ3v) is 15.4. The first-order chi connectivity index (χ1) is 23.0. The van der Waals surface area contributed by atoms with E-state index >= 15 is 0 Å². The van der Waals surface area contributed by atoms with Crippen molar-refractivity contribution < 1.29 is 9.79 Å². The lowest BCUT2D eigenvalue weighted by molar-refractivity contribution is -0.512. The van der Waals surface area contributed by atoms with Gasteiger partial charge in [0.05, 0.1) is 36.7 Å². The number of hydrogen-bond donors (Lipinski definition) is 4. The third-order valence-electron chi connectivity index (χ3n) is 10.5. The molecule has 4 rings (SSSR count). The van der Waals surface area contributed by atoms with E-state index in [1.54, 1.807) is 0 Å². The summed E-state index contributed by atoms with van der Waals surface area (Å²) in [5.74, 6) is 0.965. The highest BCUT2D eigenvalue weighted by atomic mass is 31.2. The van der Waals surface area contributed by atoms with Gasteiger partial charge in [-0.05, 0) is 68.2 Å². The Morgan fingerprint density at radius 1 is 0.745 bits per heavy atom. The lowest BCUT2D eigenvalue weighted by atomic mass is 9.95. The van der Waals surface area contributed by atoms with Gasteiger partial charge in [-0.1, -0.05) is 121 Å². The first-order valence-corrected chi connectivity index (χ1v) is 22.0. The van der Waals surface area contributed by atoms with Gasteiger partial charge in [0.15, 0.2) is 6.04 Å². The van der Waals surface area contributed by atoms with Crippen molar-refractivity contribution in [1.82, 2.24) is 10.6 Å². The zero-order valence-corrected chi connectivity index (χ0v) is 31.0. The summed E-state index contributed by atoms with van der Waals surface area (Å²) in [6.45, 7) is 7.01. The minimum atomic E-state index is -1.03. The van der Waals surface area contributed by atoms with Crippen LogP contribution >= 0.6 is 7.26 Å². The molecule has 0 saturated heterocycles. The second kappa shape index (κ2) is 20.9. The van der Waals surface area contributed by atoms with Crippen LogP contribution in [-0.2, 0) is 17.4 Å². The van der Waals surface area contributed by atoms with E-state index in [1.807, 2.05) is 6.07 Å². The first-order valence-electron chi connectivity index (χ1n) is 19.5. The molecule has 260 valence electrons. The van der Waals surface area contributed by atoms with Gasteiger partial charge in [0, 0.05) is 19.4 Å². The average Bonchev–Trinajstić information content (AvgIpc) is 3.10. The molecule has 2 aliphatic rings. The van der Waals surface area contributed by atoms with Gasteiger partial charge in [-0.3, -0.25) is 20.4 Å². The molecule has 2 aliphatic carbocycles. The fourth-order valence-corrected chi connectivity index (χ4v) is 12.7. The van der Waals surface area contributed by atoms with Gasteiger partial charge in [0.2, 0.25) is 0 Å². The van der Waals surface area contributed by atoms with Crippen molar-refractivity contribution in [2.45, 2.75) is 154 Å². The number of carbonyl (C=O) groups is 1. The quantitative estimate of drug-likeness (QED) is 0.0736. The standard InChI is InChI=1S/C41H65N4OP/c1-4-7-29-47(30-8-5-2,31-9-6-3)33-35-25-27-38(28-26-35)42-40(46)39(32-34-19-13-10-14-20-34)45-41(43-36-21-15-11-16-22-36)44-37-23-17-12-18-24-37/h10,13-14,19-20,25-28,36-37,39H,4-9,11-12,15-18,21-24,29-33H2,1-3H3,(H2-,42,43,44,45,46)/p+2/t39-/m0/s1. The maximum atomic E-state index is 14.1. The van der Waals surface area contributed by atoms with E-state index in [-0.39, 0.29) is 5.91 Å². The summed E-state index contributed by atoms with van der Waals surface area (Å²) >= 11 is 0. The first kappa shape index (κ1) is 37.4. The molecule has 5 nitrogen and oxygen atoms in total.